The predicted octanol–water partition coefficient (Wildman–Crippen LogP) is 5.96. The minimum absolute atomic E-state index is 0.00876. The fourth-order valence-electron chi connectivity index (χ4n) is 5.16. The number of carbonyl (C=O) groups excluding carboxylic acids is 2. The Kier molecular flexibility index (Phi) is 10.7. The van der Waals surface area contributed by atoms with Crippen molar-refractivity contribution in [1.29, 1.82) is 0 Å². The summed E-state index contributed by atoms with van der Waals surface area (Å²) >= 11 is 0. The van der Waals surface area contributed by atoms with Crippen LogP contribution in [0.1, 0.15) is 65.5 Å². The topological polar surface area (TPSA) is 135 Å². The number of nitrogens with zero attached hydrogens (tertiary/aromatic N) is 2. The molecule has 0 spiro atoms. The number of imidazole rings is 1. The number of alkyl halides is 11. The Labute approximate surface area is 270 Å². The van der Waals surface area contributed by atoms with Crippen LogP contribution in [-0.4, -0.2) is 63.7 Å². The van der Waals surface area contributed by atoms with E-state index in [9.17, 15) is 57.9 Å². The third kappa shape index (κ3) is 9.07. The highest BCUT2D eigenvalue weighted by atomic mass is 19.4. The highest BCUT2D eigenvalue weighted by Gasteiger charge is 2.53. The van der Waals surface area contributed by atoms with E-state index in [-0.39, 0.29) is 53.8 Å². The van der Waals surface area contributed by atoms with Crippen LogP contribution in [0.5, 0.6) is 5.88 Å². The normalized spacial score (nSPS) is 18.7. The average molecular weight is 719 g/mol. The van der Waals surface area contributed by atoms with Gasteiger partial charge in [-0.3, -0.25) is 9.59 Å². The molecule has 0 aliphatic heterocycles. The van der Waals surface area contributed by atoms with Gasteiger partial charge < -0.3 is 26.1 Å². The number of aromatic nitrogens is 3. The number of amides is 2. The zero-order chi connectivity index (χ0) is 36.5. The summed E-state index contributed by atoms with van der Waals surface area (Å²) in [5.74, 6) is -4.82. The molecule has 2 heterocycles. The van der Waals surface area contributed by atoms with Crippen molar-refractivity contribution in [2.75, 3.05) is 6.61 Å². The number of rotatable bonds is 10. The van der Waals surface area contributed by atoms with Crippen molar-refractivity contribution in [3.8, 4) is 5.88 Å². The van der Waals surface area contributed by atoms with Gasteiger partial charge in [-0.1, -0.05) is 12.1 Å². The van der Waals surface area contributed by atoms with Gasteiger partial charge in [-0.05, 0) is 55.9 Å². The van der Waals surface area contributed by atoms with Crippen molar-refractivity contribution in [2.24, 2.45) is 11.7 Å². The number of nitrogens with two attached hydrogens (primary N) is 1. The molecule has 3 aromatic rings. The molecule has 1 atom stereocenters. The van der Waals surface area contributed by atoms with Crippen LogP contribution in [0.25, 0.3) is 11.2 Å². The van der Waals surface area contributed by atoms with E-state index >= 15 is 0 Å². The molecule has 1 aliphatic carbocycles. The summed E-state index contributed by atoms with van der Waals surface area (Å²) in [5.41, 5.74) is -0.444. The van der Waals surface area contributed by atoms with Gasteiger partial charge in [-0.15, -0.1) is 0 Å². The Morgan fingerprint density at radius 3 is 2.22 bits per heavy atom. The van der Waals surface area contributed by atoms with Crippen molar-refractivity contribution < 1.29 is 62.6 Å². The Morgan fingerprint density at radius 2 is 1.65 bits per heavy atom. The molecule has 4 rings (SSSR count). The van der Waals surface area contributed by atoms with E-state index in [1.54, 1.807) is 0 Å². The Hall–Kier alpha value is -4.23. The molecule has 1 fully saturated rings. The van der Waals surface area contributed by atoms with Crippen LogP contribution in [0.2, 0.25) is 0 Å². The molecule has 0 saturated heterocycles. The lowest BCUT2D eigenvalue weighted by Gasteiger charge is -2.30. The maximum absolute atomic E-state index is 13.9. The molecule has 2 amide bonds. The number of benzene rings is 1. The fourth-order valence-corrected chi connectivity index (χ4v) is 5.16. The number of hydrogen-bond donors (Lipinski definition) is 4. The highest BCUT2D eigenvalue weighted by molar-refractivity contribution is 5.99. The van der Waals surface area contributed by atoms with Gasteiger partial charge in [-0.25, -0.2) is 13.8 Å². The molecular formula is C29H29F11N6O3. The largest absolute Gasteiger partial charge is 0.471 e. The number of aromatic amines is 1. The average Bonchev–Trinajstić information content (AvgIpc) is 3.38. The first-order valence-corrected chi connectivity index (χ1v) is 14.6. The van der Waals surface area contributed by atoms with Gasteiger partial charge >= 0.3 is 18.5 Å². The molecule has 270 valence electrons. The Balaban J connectivity index is 1.60. The van der Waals surface area contributed by atoms with E-state index < -0.39 is 90.8 Å². The molecule has 49 heavy (non-hydrogen) atoms. The van der Waals surface area contributed by atoms with Crippen LogP contribution >= 0.6 is 0 Å². The lowest BCUT2D eigenvalue weighted by molar-refractivity contribution is -0.187. The van der Waals surface area contributed by atoms with Crippen LogP contribution in [-0.2, 0) is 23.9 Å². The van der Waals surface area contributed by atoms with Gasteiger partial charge in [0, 0.05) is 19.0 Å². The molecule has 2 aromatic heterocycles. The van der Waals surface area contributed by atoms with E-state index in [0.717, 1.165) is 18.2 Å². The lowest BCUT2D eigenvalue weighted by atomic mass is 9.85. The van der Waals surface area contributed by atoms with Crippen LogP contribution in [0.4, 0.5) is 48.3 Å². The van der Waals surface area contributed by atoms with Gasteiger partial charge in [0.2, 0.25) is 11.8 Å². The zero-order valence-corrected chi connectivity index (χ0v) is 25.3. The zero-order valence-electron chi connectivity index (χ0n) is 25.3. The second-order valence-corrected chi connectivity index (χ2v) is 11.7. The monoisotopic (exact) mass is 718 g/mol. The van der Waals surface area contributed by atoms with Crippen LogP contribution in [0.3, 0.4) is 0 Å². The van der Waals surface area contributed by atoms with E-state index in [1.807, 2.05) is 5.32 Å². The third-order valence-corrected chi connectivity index (χ3v) is 7.95. The summed E-state index contributed by atoms with van der Waals surface area (Å²) in [6.07, 6.45) is -18.5. The number of carbonyl (C=O) groups is 2. The van der Waals surface area contributed by atoms with Crippen LogP contribution < -0.4 is 21.1 Å². The molecule has 20 heteroatoms. The molecule has 9 nitrogen and oxygen atoms in total. The molecular weight excluding hydrogens is 689 g/mol. The van der Waals surface area contributed by atoms with Gasteiger partial charge in [0.05, 0.1) is 17.0 Å². The number of H-pyrrole nitrogens is 1. The minimum Gasteiger partial charge on any atom is -0.471 e. The van der Waals surface area contributed by atoms with Crippen molar-refractivity contribution in [3.63, 3.8) is 0 Å². The van der Waals surface area contributed by atoms with Crippen molar-refractivity contribution in [1.82, 2.24) is 25.6 Å². The summed E-state index contributed by atoms with van der Waals surface area (Å²) in [7, 11) is 0. The number of halogens is 11. The number of fused-ring (bicyclic) bond motifs is 1. The minimum atomic E-state index is -5.11. The third-order valence-electron chi connectivity index (χ3n) is 7.95. The maximum atomic E-state index is 13.9. The molecule has 0 radical (unpaired) electrons. The molecule has 1 aromatic carbocycles. The first-order valence-electron chi connectivity index (χ1n) is 14.6. The van der Waals surface area contributed by atoms with Gasteiger partial charge in [0.1, 0.15) is 11.4 Å². The summed E-state index contributed by atoms with van der Waals surface area (Å²) in [6.45, 7) is -1.38. The highest BCUT2D eigenvalue weighted by Crippen LogP contribution is 2.38. The maximum Gasteiger partial charge on any atom is 0.416 e. The molecule has 1 saturated carbocycles. The number of nitrogens with one attached hydrogen (secondary N) is 3. The second-order valence-electron chi connectivity index (χ2n) is 11.7. The van der Waals surface area contributed by atoms with Gasteiger partial charge in [0.25, 0.3) is 12.3 Å². The van der Waals surface area contributed by atoms with E-state index in [0.29, 0.717) is 13.0 Å². The van der Waals surface area contributed by atoms with Gasteiger partial charge in [-0.2, -0.15) is 44.5 Å². The first kappa shape index (κ1) is 37.6. The summed E-state index contributed by atoms with van der Waals surface area (Å²) in [4.78, 5) is 35.9. The Bertz CT molecular complexity index is 1660. The van der Waals surface area contributed by atoms with Gasteiger partial charge in [0.15, 0.2) is 17.8 Å². The first-order chi connectivity index (χ1) is 22.6. The number of ether oxygens (including phenoxy) is 1. The van der Waals surface area contributed by atoms with E-state index in [4.69, 9.17) is 10.5 Å². The van der Waals surface area contributed by atoms with Crippen molar-refractivity contribution >= 4 is 23.0 Å². The standard InChI is InChI=1S/C29H29F11N6O3/c1-26(41,29(38,39)40)25(48)42-11-13-2-7-18(28(35,36)37)14(8-13)9-21-44-19-10-17(24(46-22(19)45-21)49-12-20(30)31)23(47)43-16-5-3-15(4-6-16)27(32,33)34/h2,7-8,10,15-16,20H,3-6,9,11-12,41H2,1H3,(H,42,48)(H,43,47)(H,44,45,46). The molecule has 0 bridgehead atoms. The van der Waals surface area contributed by atoms with E-state index in [2.05, 4.69) is 20.3 Å². The molecule has 1 unspecified atom stereocenters. The van der Waals surface area contributed by atoms with Crippen LogP contribution in [0.15, 0.2) is 24.3 Å². The summed E-state index contributed by atoms with van der Waals surface area (Å²) in [6, 6.07) is 3.00. The second kappa shape index (κ2) is 13.9. The SMILES string of the molecule is CC(N)(C(=O)NCc1ccc(C(F)(F)F)c(Cc2nc3nc(OCC(F)F)c(C(=O)NC4CCC(C(F)(F)F)CC4)cc3[nH]2)c1)C(F)(F)F. The quantitative estimate of drug-likeness (QED) is 0.191. The molecule has 5 N–H and O–H groups in total. The molecule has 1 aliphatic rings. The van der Waals surface area contributed by atoms with E-state index in [1.165, 1.54) is 0 Å². The smallest absolute Gasteiger partial charge is 0.416 e. The fraction of sp³-hybridized carbons (Fsp3) is 0.517. The number of hydrogen-bond acceptors (Lipinski definition) is 6. The summed E-state index contributed by atoms with van der Waals surface area (Å²) < 4.78 is 151. The Morgan fingerprint density at radius 1 is 1.00 bits per heavy atom. The summed E-state index contributed by atoms with van der Waals surface area (Å²) in [5, 5.41) is 4.48. The lowest BCUT2D eigenvalue weighted by Crippen LogP contribution is -2.61. The predicted molar refractivity (Wildman–Crippen MR) is 149 cm³/mol. The number of pyridine rings is 1. The van der Waals surface area contributed by atoms with Crippen LogP contribution in [0, 0.1) is 5.92 Å². The van der Waals surface area contributed by atoms with Crippen molar-refractivity contribution in [3.05, 3.63) is 52.3 Å². The van der Waals surface area contributed by atoms with Crippen molar-refractivity contribution in [2.45, 2.75) is 82.1 Å².